The molecule has 4 rings (SSSR count). The molecule has 2 heterocycles. The molecular weight excluding hydrogens is 378 g/mol. The maximum Gasteiger partial charge on any atom is 0.358 e. The number of rotatable bonds is 7. The monoisotopic (exact) mass is 409 g/mol. The van der Waals surface area contributed by atoms with Crippen molar-refractivity contribution in [1.29, 1.82) is 0 Å². The smallest absolute Gasteiger partial charge is 0.358 e. The van der Waals surface area contributed by atoms with Crippen molar-refractivity contribution in [3.8, 4) is 0 Å². The summed E-state index contributed by atoms with van der Waals surface area (Å²) in [7, 11) is 0. The molecule has 2 fully saturated rings. The number of benzene rings is 1. The van der Waals surface area contributed by atoms with Crippen LogP contribution in [0.3, 0.4) is 0 Å². The van der Waals surface area contributed by atoms with E-state index in [1.54, 1.807) is 6.92 Å². The SMILES string of the molecule is CCCc1cc(C(=O)OCC)nn1C1CCN(C(=O)[C@H]2C[C@H]2c2ccccc2)CC1. The normalized spacial score (nSPS) is 21.5. The fourth-order valence-corrected chi connectivity index (χ4v) is 4.60. The van der Waals surface area contributed by atoms with E-state index in [2.05, 4.69) is 24.2 Å². The highest BCUT2D eigenvalue weighted by Crippen LogP contribution is 2.48. The van der Waals surface area contributed by atoms with Gasteiger partial charge in [0, 0.05) is 24.7 Å². The summed E-state index contributed by atoms with van der Waals surface area (Å²) in [5.41, 5.74) is 2.75. The largest absolute Gasteiger partial charge is 0.461 e. The van der Waals surface area contributed by atoms with Crippen LogP contribution in [0.15, 0.2) is 36.4 Å². The average molecular weight is 410 g/mol. The van der Waals surface area contributed by atoms with Crippen molar-refractivity contribution in [3.63, 3.8) is 0 Å². The molecule has 2 atom stereocenters. The van der Waals surface area contributed by atoms with Crippen LogP contribution in [0.25, 0.3) is 0 Å². The molecule has 6 nitrogen and oxygen atoms in total. The predicted octanol–water partition coefficient (Wildman–Crippen LogP) is 3.98. The first-order valence-electron chi connectivity index (χ1n) is 11.2. The first-order chi connectivity index (χ1) is 14.6. The Bertz CT molecular complexity index is 884. The molecule has 1 amide bonds. The molecule has 2 aliphatic rings. The molecule has 0 bridgehead atoms. The maximum atomic E-state index is 13.0. The number of nitrogens with zero attached hydrogens (tertiary/aromatic N) is 3. The summed E-state index contributed by atoms with van der Waals surface area (Å²) in [5.74, 6) is 0.455. The van der Waals surface area contributed by atoms with E-state index in [-0.39, 0.29) is 17.9 Å². The number of aromatic nitrogens is 2. The van der Waals surface area contributed by atoms with Gasteiger partial charge in [0.1, 0.15) is 0 Å². The van der Waals surface area contributed by atoms with Gasteiger partial charge in [0.25, 0.3) is 0 Å². The summed E-state index contributed by atoms with van der Waals surface area (Å²) in [6, 6.07) is 12.4. The van der Waals surface area contributed by atoms with Gasteiger partial charge in [-0.1, -0.05) is 43.7 Å². The number of hydrogen-bond acceptors (Lipinski definition) is 4. The number of ether oxygens (including phenoxy) is 1. The van der Waals surface area contributed by atoms with Crippen molar-refractivity contribution in [3.05, 3.63) is 53.3 Å². The van der Waals surface area contributed by atoms with Crippen molar-refractivity contribution in [2.24, 2.45) is 5.92 Å². The fraction of sp³-hybridized carbons (Fsp3) is 0.542. The van der Waals surface area contributed by atoms with Crippen molar-refractivity contribution in [2.45, 2.75) is 57.9 Å². The van der Waals surface area contributed by atoms with Crippen LogP contribution >= 0.6 is 0 Å². The van der Waals surface area contributed by atoms with Crippen LogP contribution < -0.4 is 0 Å². The number of likely N-dealkylation sites (tertiary alicyclic amines) is 1. The van der Waals surface area contributed by atoms with Gasteiger partial charge in [0.05, 0.1) is 12.6 Å². The number of aryl methyl sites for hydroxylation is 1. The summed E-state index contributed by atoms with van der Waals surface area (Å²) in [5, 5.41) is 4.58. The van der Waals surface area contributed by atoms with Crippen molar-refractivity contribution in [2.75, 3.05) is 19.7 Å². The third-order valence-electron chi connectivity index (χ3n) is 6.26. The van der Waals surface area contributed by atoms with E-state index in [1.165, 1.54) is 5.56 Å². The zero-order chi connectivity index (χ0) is 21.1. The maximum absolute atomic E-state index is 13.0. The third-order valence-corrected chi connectivity index (χ3v) is 6.26. The lowest BCUT2D eigenvalue weighted by Gasteiger charge is -2.33. The molecule has 0 unspecified atom stereocenters. The van der Waals surface area contributed by atoms with Gasteiger partial charge in [-0.25, -0.2) is 4.79 Å². The second kappa shape index (κ2) is 9.02. The van der Waals surface area contributed by atoms with Gasteiger partial charge >= 0.3 is 5.97 Å². The zero-order valence-corrected chi connectivity index (χ0v) is 17.9. The molecule has 2 aromatic rings. The Morgan fingerprint density at radius 1 is 1.13 bits per heavy atom. The van der Waals surface area contributed by atoms with Crippen LogP contribution in [0.2, 0.25) is 0 Å². The summed E-state index contributed by atoms with van der Waals surface area (Å²) < 4.78 is 7.14. The van der Waals surface area contributed by atoms with Gasteiger partial charge in [0.2, 0.25) is 5.91 Å². The minimum atomic E-state index is -0.359. The van der Waals surface area contributed by atoms with Crippen LogP contribution in [0, 0.1) is 5.92 Å². The van der Waals surface area contributed by atoms with Gasteiger partial charge in [-0.3, -0.25) is 9.48 Å². The number of esters is 1. The predicted molar refractivity (Wildman–Crippen MR) is 114 cm³/mol. The van der Waals surface area contributed by atoms with Gasteiger partial charge in [-0.05, 0) is 50.2 Å². The fourth-order valence-electron chi connectivity index (χ4n) is 4.60. The molecule has 1 aromatic heterocycles. The van der Waals surface area contributed by atoms with Crippen molar-refractivity contribution >= 4 is 11.9 Å². The van der Waals surface area contributed by atoms with Gasteiger partial charge in [0.15, 0.2) is 5.69 Å². The van der Waals surface area contributed by atoms with Crippen LogP contribution in [-0.2, 0) is 16.0 Å². The lowest BCUT2D eigenvalue weighted by molar-refractivity contribution is -0.134. The number of carbonyl (C=O) groups excluding carboxylic acids is 2. The van der Waals surface area contributed by atoms with E-state index in [4.69, 9.17) is 4.74 Å². The Labute approximate surface area is 178 Å². The van der Waals surface area contributed by atoms with Crippen LogP contribution in [0.4, 0.5) is 0 Å². The van der Waals surface area contributed by atoms with E-state index in [9.17, 15) is 9.59 Å². The molecule has 0 radical (unpaired) electrons. The van der Waals surface area contributed by atoms with E-state index in [0.717, 1.165) is 50.9 Å². The lowest BCUT2D eigenvalue weighted by Crippen LogP contribution is -2.40. The van der Waals surface area contributed by atoms with E-state index in [0.29, 0.717) is 24.1 Å². The number of amides is 1. The lowest BCUT2D eigenvalue weighted by atomic mass is 10.0. The van der Waals surface area contributed by atoms with Crippen LogP contribution in [0.1, 0.15) is 73.2 Å². The zero-order valence-electron chi connectivity index (χ0n) is 17.9. The first kappa shape index (κ1) is 20.6. The molecule has 1 saturated heterocycles. The molecule has 160 valence electrons. The number of piperidine rings is 1. The third kappa shape index (κ3) is 4.27. The number of hydrogen-bond donors (Lipinski definition) is 0. The molecule has 30 heavy (non-hydrogen) atoms. The Balaban J connectivity index is 1.37. The van der Waals surface area contributed by atoms with Gasteiger partial charge in [-0.15, -0.1) is 0 Å². The standard InChI is InChI=1S/C24H31N3O3/c1-3-8-19-15-22(24(29)30-4-2)25-27(19)18-11-13-26(14-12-18)23(28)21-16-20(21)17-9-6-5-7-10-17/h5-7,9-10,15,18,20-21H,3-4,8,11-14,16H2,1-2H3/t20-,21-/m0/s1. The topological polar surface area (TPSA) is 64.4 Å². The first-order valence-corrected chi connectivity index (χ1v) is 11.2. The molecule has 0 spiro atoms. The molecule has 1 saturated carbocycles. The highest BCUT2D eigenvalue weighted by Gasteiger charge is 2.46. The van der Waals surface area contributed by atoms with Crippen LogP contribution in [-0.4, -0.2) is 46.3 Å². The second-order valence-corrected chi connectivity index (χ2v) is 8.35. The molecule has 1 aliphatic carbocycles. The highest BCUT2D eigenvalue weighted by atomic mass is 16.5. The van der Waals surface area contributed by atoms with Crippen LogP contribution in [0.5, 0.6) is 0 Å². The average Bonchev–Trinajstić information content (AvgIpc) is 3.47. The van der Waals surface area contributed by atoms with Crippen molar-refractivity contribution < 1.29 is 14.3 Å². The van der Waals surface area contributed by atoms with Gasteiger partial charge in [-0.2, -0.15) is 5.10 Å². The summed E-state index contributed by atoms with van der Waals surface area (Å²) in [4.78, 5) is 27.1. The summed E-state index contributed by atoms with van der Waals surface area (Å²) >= 11 is 0. The molecule has 6 heteroatoms. The Hall–Kier alpha value is -2.63. The minimum Gasteiger partial charge on any atom is -0.461 e. The van der Waals surface area contributed by atoms with Crippen molar-refractivity contribution in [1.82, 2.24) is 14.7 Å². The molecule has 1 aromatic carbocycles. The van der Waals surface area contributed by atoms with E-state index in [1.807, 2.05) is 33.8 Å². The Kier molecular flexibility index (Phi) is 6.21. The van der Waals surface area contributed by atoms with Gasteiger partial charge < -0.3 is 9.64 Å². The Morgan fingerprint density at radius 3 is 2.53 bits per heavy atom. The summed E-state index contributed by atoms with van der Waals surface area (Å²) in [6.07, 6.45) is 4.58. The molecule has 0 N–H and O–H groups in total. The van der Waals surface area contributed by atoms with E-state index >= 15 is 0 Å². The highest BCUT2D eigenvalue weighted by molar-refractivity contribution is 5.87. The summed E-state index contributed by atoms with van der Waals surface area (Å²) in [6.45, 7) is 5.78. The minimum absolute atomic E-state index is 0.139. The molecule has 1 aliphatic heterocycles. The quantitative estimate of drug-likeness (QED) is 0.649. The number of carbonyl (C=O) groups is 2. The Morgan fingerprint density at radius 2 is 1.87 bits per heavy atom. The van der Waals surface area contributed by atoms with E-state index < -0.39 is 0 Å². The molecular formula is C24H31N3O3. The second-order valence-electron chi connectivity index (χ2n) is 8.35.